The van der Waals surface area contributed by atoms with E-state index in [0.717, 1.165) is 122 Å². The van der Waals surface area contributed by atoms with Gasteiger partial charge in [0.25, 0.3) is 0 Å². The van der Waals surface area contributed by atoms with Crippen LogP contribution in [0.15, 0.2) is 109 Å². The molecule has 0 aromatic heterocycles. The van der Waals surface area contributed by atoms with Gasteiger partial charge in [-0.25, -0.2) is 0 Å². The lowest BCUT2D eigenvalue weighted by Crippen LogP contribution is -2.30. The molecule has 0 rings (SSSR count). The van der Waals surface area contributed by atoms with Crippen molar-refractivity contribution >= 4 is 17.9 Å². The zero-order valence-corrected chi connectivity index (χ0v) is 50.4. The molecule has 0 bridgehead atoms. The van der Waals surface area contributed by atoms with Crippen LogP contribution >= 0.6 is 0 Å². The molecule has 1 atom stereocenters. The Morgan fingerprint density at radius 3 is 0.792 bits per heavy atom. The molecule has 0 saturated heterocycles. The zero-order chi connectivity index (χ0) is 55.7. The van der Waals surface area contributed by atoms with E-state index in [2.05, 4.69) is 130 Å². The van der Waals surface area contributed by atoms with Gasteiger partial charge in [-0.3, -0.25) is 14.4 Å². The number of hydrogen-bond donors (Lipinski definition) is 0. The van der Waals surface area contributed by atoms with Crippen molar-refractivity contribution in [2.45, 2.75) is 309 Å². The summed E-state index contributed by atoms with van der Waals surface area (Å²) in [5, 5.41) is 0. The first-order chi connectivity index (χ1) is 38.0. The number of esters is 3. The van der Waals surface area contributed by atoms with Gasteiger partial charge in [-0.2, -0.15) is 0 Å². The minimum atomic E-state index is -0.784. The molecule has 77 heavy (non-hydrogen) atoms. The largest absolute Gasteiger partial charge is 0.462 e. The van der Waals surface area contributed by atoms with E-state index < -0.39 is 6.10 Å². The highest BCUT2D eigenvalue weighted by Gasteiger charge is 2.19. The first kappa shape index (κ1) is 73.1. The fourth-order valence-electron chi connectivity index (χ4n) is 8.99. The van der Waals surface area contributed by atoms with Gasteiger partial charge in [0, 0.05) is 19.3 Å². The molecule has 6 heteroatoms. The molecule has 0 aliphatic heterocycles. The molecular weight excluding hydrogens is 949 g/mol. The third kappa shape index (κ3) is 62.8. The van der Waals surface area contributed by atoms with E-state index in [1.54, 1.807) is 0 Å². The van der Waals surface area contributed by atoms with Gasteiger partial charge in [0.05, 0.1) is 0 Å². The van der Waals surface area contributed by atoms with Gasteiger partial charge in [0.15, 0.2) is 6.10 Å². The van der Waals surface area contributed by atoms with Crippen LogP contribution in [0.4, 0.5) is 0 Å². The van der Waals surface area contributed by atoms with Crippen molar-refractivity contribution in [2.75, 3.05) is 13.2 Å². The predicted octanol–water partition coefficient (Wildman–Crippen LogP) is 22.2. The smallest absolute Gasteiger partial charge is 0.306 e. The number of ether oxygens (including phenoxy) is 3. The van der Waals surface area contributed by atoms with Gasteiger partial charge in [0.2, 0.25) is 0 Å². The van der Waals surface area contributed by atoms with Crippen molar-refractivity contribution in [1.29, 1.82) is 0 Å². The molecule has 0 N–H and O–H groups in total. The van der Waals surface area contributed by atoms with Crippen molar-refractivity contribution in [3.63, 3.8) is 0 Å². The summed E-state index contributed by atoms with van der Waals surface area (Å²) >= 11 is 0. The van der Waals surface area contributed by atoms with Gasteiger partial charge in [0.1, 0.15) is 13.2 Å². The summed E-state index contributed by atoms with van der Waals surface area (Å²) in [6, 6.07) is 0. The van der Waals surface area contributed by atoms with Crippen molar-refractivity contribution < 1.29 is 28.6 Å². The molecule has 0 amide bonds. The Morgan fingerprint density at radius 2 is 0.506 bits per heavy atom. The van der Waals surface area contributed by atoms with E-state index in [0.29, 0.717) is 19.3 Å². The summed E-state index contributed by atoms with van der Waals surface area (Å²) in [6.07, 6.45) is 88.1. The number of carbonyl (C=O) groups excluding carboxylic acids is 3. The molecule has 0 fully saturated rings. The normalized spacial score (nSPS) is 12.8. The van der Waals surface area contributed by atoms with Crippen LogP contribution in [-0.2, 0) is 28.6 Å². The maximum absolute atomic E-state index is 12.9. The third-order valence-electron chi connectivity index (χ3n) is 13.8. The number of rotatable bonds is 58. The lowest BCUT2D eigenvalue weighted by molar-refractivity contribution is -0.167. The fraction of sp³-hybridized carbons (Fsp3) is 0.704. The summed E-state index contributed by atoms with van der Waals surface area (Å²) in [4.78, 5) is 38.3. The molecule has 0 saturated carbocycles. The van der Waals surface area contributed by atoms with E-state index >= 15 is 0 Å². The molecule has 0 spiro atoms. The molecule has 440 valence electrons. The van der Waals surface area contributed by atoms with E-state index in [-0.39, 0.29) is 31.1 Å². The van der Waals surface area contributed by atoms with Gasteiger partial charge in [-0.1, -0.05) is 291 Å². The lowest BCUT2D eigenvalue weighted by atomic mass is 10.0. The van der Waals surface area contributed by atoms with E-state index in [4.69, 9.17) is 14.2 Å². The molecule has 0 aliphatic rings. The van der Waals surface area contributed by atoms with Gasteiger partial charge in [-0.05, 0) is 103 Å². The van der Waals surface area contributed by atoms with Crippen molar-refractivity contribution in [3.05, 3.63) is 109 Å². The fourth-order valence-corrected chi connectivity index (χ4v) is 8.99. The summed E-state index contributed by atoms with van der Waals surface area (Å²) in [5.74, 6) is -0.883. The minimum Gasteiger partial charge on any atom is -0.462 e. The SMILES string of the molecule is CC/C=C\C/C=C\C/C=C\C/C=C\C/C=C\CCCCCCCCCCCCCC(=O)OCC(COC(=O)CCCCCCCCCCCCC)OC(=O)CCCCCCCCCC/C=C\C/C=C\C/C=C\C/C=C\CC. The highest BCUT2D eigenvalue weighted by atomic mass is 16.6. The van der Waals surface area contributed by atoms with Crippen LogP contribution in [-0.4, -0.2) is 37.2 Å². The molecule has 6 nitrogen and oxygen atoms in total. The van der Waals surface area contributed by atoms with Crippen molar-refractivity contribution in [1.82, 2.24) is 0 Å². The maximum atomic E-state index is 12.9. The van der Waals surface area contributed by atoms with E-state index in [1.165, 1.54) is 141 Å². The molecule has 0 aromatic rings. The first-order valence-corrected chi connectivity index (χ1v) is 32.4. The molecule has 0 aromatic carbocycles. The number of allylic oxidation sites excluding steroid dienone is 18. The number of unbranched alkanes of at least 4 members (excludes halogenated alkanes) is 29. The van der Waals surface area contributed by atoms with Crippen LogP contribution in [0.2, 0.25) is 0 Å². The Balaban J connectivity index is 4.28. The predicted molar refractivity (Wildman–Crippen MR) is 334 cm³/mol. The summed E-state index contributed by atoms with van der Waals surface area (Å²) in [7, 11) is 0. The molecule has 0 heterocycles. The van der Waals surface area contributed by atoms with Crippen LogP contribution < -0.4 is 0 Å². The number of hydrogen-bond acceptors (Lipinski definition) is 6. The van der Waals surface area contributed by atoms with Gasteiger partial charge >= 0.3 is 17.9 Å². The van der Waals surface area contributed by atoms with Crippen LogP contribution in [0.5, 0.6) is 0 Å². The Bertz CT molecular complexity index is 1560. The Labute approximate surface area is 476 Å². The second-order valence-electron chi connectivity index (χ2n) is 21.3. The van der Waals surface area contributed by atoms with E-state index in [9.17, 15) is 14.4 Å². The van der Waals surface area contributed by atoms with Crippen LogP contribution in [0.25, 0.3) is 0 Å². The average molecular weight is 1070 g/mol. The van der Waals surface area contributed by atoms with Crippen LogP contribution in [0, 0.1) is 0 Å². The number of carbonyl (C=O) groups is 3. The Morgan fingerprint density at radius 1 is 0.273 bits per heavy atom. The average Bonchev–Trinajstić information content (AvgIpc) is 3.43. The standard InChI is InChI=1S/C71H120O6/c1-4-7-10-13-16-19-22-24-26-28-30-32-33-34-35-36-37-39-40-42-44-46-49-52-55-58-61-64-70(73)76-67-68(66-75-69(72)63-60-57-54-51-48-21-18-15-12-9-6-3)77-71(74)65-62-59-56-53-50-47-45-43-41-38-31-29-27-25-23-20-17-14-11-8-5-2/h7-8,10-11,16-17,19-20,24-27,30-32,34-35,38,68H,4-6,9,12-15,18,21-23,28-29,33,36-37,39-67H2,1-3H3/b10-7-,11-8-,19-16-,20-17-,26-24-,27-25-,32-30-,35-34-,38-31-. The monoisotopic (exact) mass is 1070 g/mol. The van der Waals surface area contributed by atoms with Gasteiger partial charge < -0.3 is 14.2 Å². The lowest BCUT2D eigenvalue weighted by Gasteiger charge is -2.18. The minimum absolute atomic E-state index is 0.0801. The highest BCUT2D eigenvalue weighted by Crippen LogP contribution is 2.16. The maximum Gasteiger partial charge on any atom is 0.306 e. The first-order valence-electron chi connectivity index (χ1n) is 32.4. The topological polar surface area (TPSA) is 78.9 Å². The summed E-state index contributed by atoms with van der Waals surface area (Å²) < 4.78 is 16.9. The van der Waals surface area contributed by atoms with Crippen LogP contribution in [0.3, 0.4) is 0 Å². The second-order valence-corrected chi connectivity index (χ2v) is 21.3. The zero-order valence-electron chi connectivity index (χ0n) is 50.4. The quantitative estimate of drug-likeness (QED) is 0.0261. The van der Waals surface area contributed by atoms with Crippen LogP contribution in [0.1, 0.15) is 303 Å². The van der Waals surface area contributed by atoms with Crippen molar-refractivity contribution in [2.24, 2.45) is 0 Å². The van der Waals surface area contributed by atoms with Crippen molar-refractivity contribution in [3.8, 4) is 0 Å². The summed E-state index contributed by atoms with van der Waals surface area (Å²) in [6.45, 7) is 6.42. The highest BCUT2D eigenvalue weighted by molar-refractivity contribution is 5.71. The Kier molecular flexibility index (Phi) is 61.3. The molecule has 0 radical (unpaired) electrons. The molecular formula is C71H120O6. The molecule has 1 unspecified atom stereocenters. The second kappa shape index (κ2) is 64.6. The Hall–Kier alpha value is -3.93. The van der Waals surface area contributed by atoms with Gasteiger partial charge in [-0.15, -0.1) is 0 Å². The summed E-state index contributed by atoms with van der Waals surface area (Å²) in [5.41, 5.74) is 0. The molecule has 0 aliphatic carbocycles. The van der Waals surface area contributed by atoms with E-state index in [1.807, 2.05) is 0 Å². The third-order valence-corrected chi connectivity index (χ3v) is 13.8.